The van der Waals surface area contributed by atoms with Crippen molar-refractivity contribution in [1.29, 1.82) is 0 Å². The zero-order chi connectivity index (χ0) is 20.0. The molecule has 5 rings (SSSR count). The van der Waals surface area contributed by atoms with Gasteiger partial charge in [-0.3, -0.25) is 9.69 Å². The van der Waals surface area contributed by atoms with Gasteiger partial charge in [-0.2, -0.15) is 0 Å². The predicted octanol–water partition coefficient (Wildman–Crippen LogP) is 3.39. The van der Waals surface area contributed by atoms with Gasteiger partial charge in [0.25, 0.3) is 5.91 Å². The molecule has 3 aromatic rings. The van der Waals surface area contributed by atoms with Crippen molar-refractivity contribution in [1.82, 2.24) is 15.2 Å². The normalized spacial score (nSPS) is 22.8. The molecule has 0 unspecified atom stereocenters. The number of aromatic amines is 1. The summed E-state index contributed by atoms with van der Waals surface area (Å²) in [6.07, 6.45) is 0.841. The van der Waals surface area contributed by atoms with Crippen LogP contribution in [0, 0.1) is 0 Å². The average Bonchev–Trinajstić information content (AvgIpc) is 3.35. The van der Waals surface area contributed by atoms with E-state index in [0.717, 1.165) is 47.8 Å². The maximum absolute atomic E-state index is 13.0. The minimum Gasteiger partial charge on any atom is -0.616 e. The Balaban J connectivity index is 1.34. The number of aromatic nitrogens is 1. The molecule has 2 aliphatic rings. The van der Waals surface area contributed by atoms with Gasteiger partial charge in [0.2, 0.25) is 0 Å². The van der Waals surface area contributed by atoms with Crippen molar-refractivity contribution in [3.63, 3.8) is 0 Å². The topological polar surface area (TPSA) is 71.2 Å². The highest BCUT2D eigenvalue weighted by Crippen LogP contribution is 2.35. The molecule has 3 heterocycles. The predicted molar refractivity (Wildman–Crippen MR) is 120 cm³/mol. The van der Waals surface area contributed by atoms with Crippen LogP contribution in [0.1, 0.15) is 27.5 Å². The molecule has 1 aromatic carbocycles. The van der Waals surface area contributed by atoms with Crippen LogP contribution in [-0.4, -0.2) is 57.5 Å². The summed E-state index contributed by atoms with van der Waals surface area (Å²) >= 11 is 6.80. The summed E-state index contributed by atoms with van der Waals surface area (Å²) < 4.78 is 12.4. The van der Waals surface area contributed by atoms with Gasteiger partial charge in [-0.25, -0.2) is 0 Å². The second-order valence-electron chi connectivity index (χ2n) is 7.76. The van der Waals surface area contributed by atoms with Crippen molar-refractivity contribution in [2.24, 2.45) is 0 Å². The molecule has 0 radical (unpaired) electrons. The first-order valence-electron chi connectivity index (χ1n) is 9.81. The van der Waals surface area contributed by atoms with Crippen molar-refractivity contribution < 1.29 is 9.35 Å². The van der Waals surface area contributed by atoms with Gasteiger partial charge in [0.05, 0.1) is 4.34 Å². The molecule has 2 N–H and O–H groups in total. The highest BCUT2D eigenvalue weighted by atomic mass is 35.5. The Morgan fingerprint density at radius 1 is 1.31 bits per heavy atom. The summed E-state index contributed by atoms with van der Waals surface area (Å²) in [5.41, 5.74) is 3.21. The monoisotopic (exact) mass is 447 g/mol. The minimum atomic E-state index is -0.682. The van der Waals surface area contributed by atoms with Crippen molar-refractivity contribution in [2.75, 3.05) is 31.1 Å². The van der Waals surface area contributed by atoms with Crippen LogP contribution >= 0.6 is 22.9 Å². The first-order valence-corrected chi connectivity index (χ1v) is 12.5. The molecular formula is C21H22ClN3O2S2. The highest BCUT2D eigenvalue weighted by Gasteiger charge is 2.35. The summed E-state index contributed by atoms with van der Waals surface area (Å²) in [6.45, 7) is 2.60. The number of halogens is 1. The Morgan fingerprint density at radius 2 is 2.10 bits per heavy atom. The van der Waals surface area contributed by atoms with Crippen LogP contribution in [0.3, 0.4) is 0 Å². The number of H-pyrrole nitrogens is 1. The second-order valence-corrected chi connectivity index (χ2v) is 11.1. The van der Waals surface area contributed by atoms with Gasteiger partial charge >= 0.3 is 0 Å². The van der Waals surface area contributed by atoms with E-state index in [1.807, 2.05) is 12.1 Å². The number of thiophene rings is 1. The number of fused-ring (bicyclic) bond motifs is 2. The fraction of sp³-hybridized carbons (Fsp3) is 0.381. The summed E-state index contributed by atoms with van der Waals surface area (Å²) in [6, 6.07) is 12.3. The van der Waals surface area contributed by atoms with Gasteiger partial charge in [-0.15, -0.1) is 11.3 Å². The van der Waals surface area contributed by atoms with E-state index in [1.54, 1.807) is 0 Å². The Hall–Kier alpha value is -1.51. The van der Waals surface area contributed by atoms with E-state index in [-0.39, 0.29) is 17.9 Å². The largest absolute Gasteiger partial charge is 0.616 e. The Kier molecular flexibility index (Phi) is 5.34. The lowest BCUT2D eigenvalue weighted by molar-refractivity contribution is 0.0924. The van der Waals surface area contributed by atoms with Crippen molar-refractivity contribution in [3.8, 4) is 0 Å². The molecule has 29 heavy (non-hydrogen) atoms. The standard InChI is InChI=1S/C21H22ClN3O2S2/c22-19-11-14-10-18(24-21(14)28-19)20(26)23-17-9-13-3-1-2-4-15(13)16(17)12-25-5-7-29(27)8-6-25/h1-4,10-11,16-17,24H,5-9,12H2,(H,23,26)/t16-,17-/m1/s1. The molecule has 2 aromatic heterocycles. The third-order valence-corrected chi connectivity index (χ3v) is 8.42. The van der Waals surface area contributed by atoms with E-state index in [4.69, 9.17) is 11.6 Å². The van der Waals surface area contributed by atoms with Gasteiger partial charge in [0, 0.05) is 37.0 Å². The number of benzene rings is 1. The van der Waals surface area contributed by atoms with Crippen LogP contribution < -0.4 is 5.32 Å². The molecule has 1 fully saturated rings. The van der Waals surface area contributed by atoms with E-state index in [9.17, 15) is 9.35 Å². The van der Waals surface area contributed by atoms with Crippen molar-refractivity contribution in [3.05, 3.63) is 57.6 Å². The maximum Gasteiger partial charge on any atom is 0.268 e. The quantitative estimate of drug-likeness (QED) is 0.602. The third kappa shape index (κ3) is 3.94. The molecular weight excluding hydrogens is 426 g/mol. The SMILES string of the molecule is O=C(N[C@@H]1Cc2ccccc2[C@H]1CN1CC[S+]([O-])CC1)c1cc2cc(Cl)sc2[nH]1. The molecule has 1 amide bonds. The first kappa shape index (κ1) is 19.5. The fourth-order valence-corrected chi connectivity index (χ4v) is 6.71. The minimum absolute atomic E-state index is 0.0530. The molecule has 0 bridgehead atoms. The molecule has 5 nitrogen and oxygen atoms in total. The van der Waals surface area contributed by atoms with Crippen LogP contribution in [0.15, 0.2) is 36.4 Å². The lowest BCUT2D eigenvalue weighted by atomic mass is 9.97. The number of carbonyl (C=O) groups is 1. The van der Waals surface area contributed by atoms with E-state index < -0.39 is 11.2 Å². The molecule has 2 atom stereocenters. The van der Waals surface area contributed by atoms with Crippen LogP contribution in [-0.2, 0) is 17.6 Å². The number of nitrogens with zero attached hydrogens (tertiary/aromatic N) is 1. The molecule has 1 aliphatic carbocycles. The van der Waals surface area contributed by atoms with Gasteiger partial charge in [-0.05, 0) is 29.7 Å². The number of nitrogens with one attached hydrogen (secondary N) is 2. The van der Waals surface area contributed by atoms with Crippen LogP contribution in [0.2, 0.25) is 4.34 Å². The maximum atomic E-state index is 13.0. The van der Waals surface area contributed by atoms with Gasteiger partial charge in [0.15, 0.2) is 0 Å². The summed E-state index contributed by atoms with van der Waals surface area (Å²) in [5, 5.41) is 4.24. The van der Waals surface area contributed by atoms with Gasteiger partial charge in [-0.1, -0.05) is 47.0 Å². The fourth-order valence-electron chi connectivity index (χ4n) is 4.45. The summed E-state index contributed by atoms with van der Waals surface area (Å²) in [5.74, 6) is 1.65. The smallest absolute Gasteiger partial charge is 0.268 e. The number of hydrogen-bond donors (Lipinski definition) is 2. The zero-order valence-electron chi connectivity index (χ0n) is 15.8. The molecule has 152 valence electrons. The Morgan fingerprint density at radius 3 is 2.90 bits per heavy atom. The lowest BCUT2D eigenvalue weighted by Gasteiger charge is -2.32. The van der Waals surface area contributed by atoms with Crippen LogP contribution in [0.4, 0.5) is 0 Å². The molecule has 0 spiro atoms. The van der Waals surface area contributed by atoms with Crippen LogP contribution in [0.25, 0.3) is 10.2 Å². The van der Waals surface area contributed by atoms with Gasteiger partial charge < -0.3 is 14.9 Å². The third-order valence-electron chi connectivity index (χ3n) is 5.95. The van der Waals surface area contributed by atoms with E-state index >= 15 is 0 Å². The van der Waals surface area contributed by atoms with Crippen LogP contribution in [0.5, 0.6) is 0 Å². The molecule has 1 aliphatic heterocycles. The Labute approximate surface area is 181 Å². The number of hydrogen-bond acceptors (Lipinski definition) is 4. The van der Waals surface area contributed by atoms with E-state index in [1.165, 1.54) is 22.5 Å². The first-order chi connectivity index (χ1) is 14.1. The van der Waals surface area contributed by atoms with E-state index in [0.29, 0.717) is 10.0 Å². The lowest BCUT2D eigenvalue weighted by Crippen LogP contribution is -2.46. The number of amides is 1. The summed E-state index contributed by atoms with van der Waals surface area (Å²) in [7, 11) is 0. The van der Waals surface area contributed by atoms with Crippen molar-refractivity contribution >= 4 is 50.2 Å². The number of carbonyl (C=O) groups excluding carboxylic acids is 1. The zero-order valence-corrected chi connectivity index (χ0v) is 18.2. The molecule has 8 heteroatoms. The van der Waals surface area contributed by atoms with Gasteiger partial charge in [0.1, 0.15) is 22.0 Å². The van der Waals surface area contributed by atoms with Crippen molar-refractivity contribution in [2.45, 2.75) is 18.4 Å². The Bertz CT molecular complexity index is 1010. The highest BCUT2D eigenvalue weighted by molar-refractivity contribution is 7.91. The molecule has 0 saturated carbocycles. The second kappa shape index (κ2) is 7.96. The number of rotatable bonds is 4. The van der Waals surface area contributed by atoms with E-state index in [2.05, 4.69) is 39.5 Å². The summed E-state index contributed by atoms with van der Waals surface area (Å²) in [4.78, 5) is 19.5. The average molecular weight is 448 g/mol. The molecule has 1 saturated heterocycles.